The quantitative estimate of drug-likeness (QED) is 0.730. The first-order valence-electron chi connectivity index (χ1n) is 7.17. The molecule has 2 aromatic rings. The van der Waals surface area contributed by atoms with Crippen LogP contribution in [0.1, 0.15) is 23.5 Å². The van der Waals surface area contributed by atoms with Gasteiger partial charge in [-0.15, -0.1) is 11.3 Å². The third-order valence-electron chi connectivity index (χ3n) is 3.46. The van der Waals surface area contributed by atoms with Crippen molar-refractivity contribution in [2.45, 2.75) is 13.8 Å². The molecular formula is C16H17ClN2O4S. The molecule has 8 heteroatoms. The summed E-state index contributed by atoms with van der Waals surface area (Å²) in [5.41, 5.74) is -1.07. The highest BCUT2D eigenvalue weighted by Gasteiger charge is 2.27. The Labute approximate surface area is 147 Å². The van der Waals surface area contributed by atoms with E-state index in [1.165, 1.54) is 25.2 Å². The molecule has 0 aliphatic carbocycles. The standard InChI is InChI=1S/C16H17ClN2O4S/c1-16(2,15(22)23)8-19-11(20)7-18-14(21)13-12(17)9-5-3-4-6-10(9)24-13/h3-6H,7-8H2,1-2H3,(H,18,21)(H,19,20)(H,22,23). The Morgan fingerprint density at radius 1 is 1.21 bits per heavy atom. The van der Waals surface area contributed by atoms with Gasteiger partial charge in [0.15, 0.2) is 0 Å². The first-order valence-corrected chi connectivity index (χ1v) is 8.37. The Hall–Kier alpha value is -2.12. The summed E-state index contributed by atoms with van der Waals surface area (Å²) in [5, 5.41) is 15.1. The number of benzene rings is 1. The van der Waals surface area contributed by atoms with E-state index >= 15 is 0 Å². The minimum absolute atomic E-state index is 0.0271. The highest BCUT2D eigenvalue weighted by Crippen LogP contribution is 2.34. The second kappa shape index (κ2) is 7.19. The number of rotatable bonds is 6. The molecule has 2 rings (SSSR count). The van der Waals surface area contributed by atoms with Gasteiger partial charge in [-0.3, -0.25) is 14.4 Å². The van der Waals surface area contributed by atoms with Gasteiger partial charge in [0.1, 0.15) is 4.88 Å². The Morgan fingerprint density at radius 2 is 1.88 bits per heavy atom. The average Bonchev–Trinajstić information content (AvgIpc) is 2.88. The molecule has 0 saturated carbocycles. The highest BCUT2D eigenvalue weighted by molar-refractivity contribution is 7.21. The number of aliphatic carboxylic acids is 1. The van der Waals surface area contributed by atoms with Crippen LogP contribution in [-0.2, 0) is 9.59 Å². The van der Waals surface area contributed by atoms with E-state index in [9.17, 15) is 14.4 Å². The van der Waals surface area contributed by atoms with Crippen molar-refractivity contribution in [3.05, 3.63) is 34.2 Å². The maximum absolute atomic E-state index is 12.2. The van der Waals surface area contributed by atoms with Gasteiger partial charge in [0.25, 0.3) is 5.91 Å². The number of fused-ring (bicyclic) bond motifs is 1. The molecule has 128 valence electrons. The minimum atomic E-state index is -1.07. The largest absolute Gasteiger partial charge is 0.481 e. The zero-order valence-electron chi connectivity index (χ0n) is 13.2. The van der Waals surface area contributed by atoms with Crippen LogP contribution in [0.3, 0.4) is 0 Å². The molecule has 2 amide bonds. The molecule has 0 bridgehead atoms. The van der Waals surface area contributed by atoms with Crippen LogP contribution in [0, 0.1) is 5.41 Å². The van der Waals surface area contributed by atoms with Crippen molar-refractivity contribution in [3.8, 4) is 0 Å². The summed E-state index contributed by atoms with van der Waals surface area (Å²) in [4.78, 5) is 35.3. The molecule has 0 radical (unpaired) electrons. The number of hydrogen-bond donors (Lipinski definition) is 3. The van der Waals surface area contributed by atoms with Crippen molar-refractivity contribution >= 4 is 50.8 Å². The number of halogens is 1. The van der Waals surface area contributed by atoms with E-state index in [2.05, 4.69) is 10.6 Å². The smallest absolute Gasteiger partial charge is 0.310 e. The van der Waals surface area contributed by atoms with E-state index in [-0.39, 0.29) is 13.1 Å². The van der Waals surface area contributed by atoms with Crippen LogP contribution in [0.4, 0.5) is 0 Å². The van der Waals surface area contributed by atoms with Crippen LogP contribution in [0.5, 0.6) is 0 Å². The Bertz CT molecular complexity index is 800. The van der Waals surface area contributed by atoms with Gasteiger partial charge in [-0.2, -0.15) is 0 Å². The molecule has 0 unspecified atom stereocenters. The molecule has 6 nitrogen and oxygen atoms in total. The van der Waals surface area contributed by atoms with Crippen LogP contribution in [-0.4, -0.2) is 36.0 Å². The lowest BCUT2D eigenvalue weighted by Crippen LogP contribution is -2.43. The maximum Gasteiger partial charge on any atom is 0.310 e. The van der Waals surface area contributed by atoms with Gasteiger partial charge in [0.2, 0.25) is 5.91 Å². The van der Waals surface area contributed by atoms with E-state index < -0.39 is 23.2 Å². The van der Waals surface area contributed by atoms with Crippen molar-refractivity contribution in [3.63, 3.8) is 0 Å². The van der Waals surface area contributed by atoms with Crippen LogP contribution in [0.2, 0.25) is 5.02 Å². The molecule has 0 aliphatic rings. The number of thiophene rings is 1. The number of hydrogen-bond acceptors (Lipinski definition) is 4. The van der Waals surface area contributed by atoms with Crippen LogP contribution < -0.4 is 10.6 Å². The topological polar surface area (TPSA) is 95.5 Å². The van der Waals surface area contributed by atoms with Gasteiger partial charge in [0.05, 0.1) is 17.0 Å². The molecule has 1 aromatic carbocycles. The summed E-state index contributed by atoms with van der Waals surface area (Å²) < 4.78 is 0.889. The zero-order chi connectivity index (χ0) is 17.9. The van der Waals surface area contributed by atoms with Crippen LogP contribution in [0.25, 0.3) is 10.1 Å². The van der Waals surface area contributed by atoms with Gasteiger partial charge in [0, 0.05) is 16.6 Å². The number of carboxylic acids is 1. The second-order valence-electron chi connectivity index (χ2n) is 5.89. The second-order valence-corrected chi connectivity index (χ2v) is 7.32. The van der Waals surface area contributed by atoms with Crippen molar-refractivity contribution in [1.82, 2.24) is 10.6 Å². The molecule has 0 aliphatic heterocycles. The summed E-state index contributed by atoms with van der Waals surface area (Å²) >= 11 is 7.46. The Balaban J connectivity index is 1.94. The summed E-state index contributed by atoms with van der Waals surface area (Å²) in [6.07, 6.45) is 0. The fourth-order valence-electron chi connectivity index (χ4n) is 1.86. The summed E-state index contributed by atoms with van der Waals surface area (Å²) in [6, 6.07) is 7.38. The molecule has 1 heterocycles. The predicted octanol–water partition coefficient (Wildman–Crippen LogP) is 2.51. The van der Waals surface area contributed by atoms with Crippen molar-refractivity contribution in [2.24, 2.45) is 5.41 Å². The summed E-state index contributed by atoms with van der Waals surface area (Å²) in [5.74, 6) is -1.91. The number of amides is 2. The van der Waals surface area contributed by atoms with E-state index in [1.807, 2.05) is 24.3 Å². The fourth-order valence-corrected chi connectivity index (χ4v) is 3.29. The fraction of sp³-hybridized carbons (Fsp3) is 0.312. The minimum Gasteiger partial charge on any atom is -0.481 e. The lowest BCUT2D eigenvalue weighted by Gasteiger charge is -2.19. The number of carbonyl (C=O) groups is 3. The molecule has 1 aromatic heterocycles. The third-order valence-corrected chi connectivity index (χ3v) is 5.13. The highest BCUT2D eigenvalue weighted by atomic mass is 35.5. The molecule has 0 atom stereocenters. The normalized spacial score (nSPS) is 11.3. The van der Waals surface area contributed by atoms with Gasteiger partial charge >= 0.3 is 5.97 Å². The number of nitrogens with one attached hydrogen (secondary N) is 2. The van der Waals surface area contributed by atoms with Gasteiger partial charge in [-0.25, -0.2) is 0 Å². The Morgan fingerprint density at radius 3 is 2.50 bits per heavy atom. The molecule has 0 spiro atoms. The molecule has 0 saturated heterocycles. The zero-order valence-corrected chi connectivity index (χ0v) is 14.8. The summed E-state index contributed by atoms with van der Waals surface area (Å²) in [7, 11) is 0. The molecular weight excluding hydrogens is 352 g/mol. The van der Waals surface area contributed by atoms with Gasteiger partial charge in [-0.05, 0) is 19.9 Å². The SMILES string of the molecule is CC(C)(CNC(=O)CNC(=O)c1sc2ccccc2c1Cl)C(=O)O. The number of carbonyl (C=O) groups excluding carboxylic acids is 2. The van der Waals surface area contributed by atoms with Crippen molar-refractivity contribution in [1.29, 1.82) is 0 Å². The monoisotopic (exact) mass is 368 g/mol. The van der Waals surface area contributed by atoms with Crippen molar-refractivity contribution in [2.75, 3.05) is 13.1 Å². The molecule has 3 N–H and O–H groups in total. The average molecular weight is 369 g/mol. The van der Waals surface area contributed by atoms with E-state index in [1.54, 1.807) is 0 Å². The van der Waals surface area contributed by atoms with E-state index in [0.717, 1.165) is 10.1 Å². The third kappa shape index (κ3) is 4.04. The van der Waals surface area contributed by atoms with Gasteiger partial charge in [-0.1, -0.05) is 29.8 Å². The lowest BCUT2D eigenvalue weighted by molar-refractivity contribution is -0.146. The number of carboxylic acid groups (broad SMARTS) is 1. The van der Waals surface area contributed by atoms with Crippen molar-refractivity contribution < 1.29 is 19.5 Å². The Kier molecular flexibility index (Phi) is 5.46. The summed E-state index contributed by atoms with van der Waals surface area (Å²) in [6.45, 7) is 2.73. The maximum atomic E-state index is 12.2. The predicted molar refractivity (Wildman–Crippen MR) is 93.6 cm³/mol. The lowest BCUT2D eigenvalue weighted by atomic mass is 9.94. The first-order chi connectivity index (χ1) is 11.2. The van der Waals surface area contributed by atoms with E-state index in [0.29, 0.717) is 9.90 Å². The first kappa shape index (κ1) is 18.2. The molecule has 0 fully saturated rings. The van der Waals surface area contributed by atoms with Crippen LogP contribution in [0.15, 0.2) is 24.3 Å². The van der Waals surface area contributed by atoms with Crippen LogP contribution >= 0.6 is 22.9 Å². The molecule has 24 heavy (non-hydrogen) atoms. The van der Waals surface area contributed by atoms with E-state index in [4.69, 9.17) is 16.7 Å². The van der Waals surface area contributed by atoms with Gasteiger partial charge < -0.3 is 15.7 Å².